The minimum absolute atomic E-state index is 0.000790. The molecule has 0 atom stereocenters. The van der Waals surface area contributed by atoms with E-state index in [-0.39, 0.29) is 34.9 Å². The Hall–Kier alpha value is -2.43. The van der Waals surface area contributed by atoms with E-state index in [1.54, 1.807) is 12.1 Å². The van der Waals surface area contributed by atoms with Crippen LogP contribution in [0.3, 0.4) is 0 Å². The molecule has 172 valence electrons. The summed E-state index contributed by atoms with van der Waals surface area (Å²) in [5, 5.41) is 0.398. The number of carbonyl (C=O) groups is 1. The van der Waals surface area contributed by atoms with Gasteiger partial charge in [-0.1, -0.05) is 17.4 Å². The van der Waals surface area contributed by atoms with Gasteiger partial charge >= 0.3 is 0 Å². The van der Waals surface area contributed by atoms with E-state index < -0.39 is 21.5 Å². The van der Waals surface area contributed by atoms with Crippen molar-refractivity contribution in [3.8, 4) is 0 Å². The lowest BCUT2D eigenvalue weighted by Crippen LogP contribution is -2.33. The predicted octanol–water partition coefficient (Wildman–Crippen LogP) is 4.11. The van der Waals surface area contributed by atoms with E-state index in [2.05, 4.69) is 4.98 Å². The molecule has 0 saturated heterocycles. The Morgan fingerprint density at radius 1 is 1.03 bits per heavy atom. The molecule has 32 heavy (non-hydrogen) atoms. The Morgan fingerprint density at radius 2 is 1.75 bits per heavy atom. The molecule has 3 aromatic rings. The minimum atomic E-state index is -3.62. The van der Waals surface area contributed by atoms with Gasteiger partial charge in [-0.25, -0.2) is 22.2 Å². The van der Waals surface area contributed by atoms with Gasteiger partial charge < -0.3 is 4.90 Å². The number of anilines is 1. The highest BCUT2D eigenvalue weighted by Gasteiger charge is 2.22. The molecule has 0 aliphatic carbocycles. The van der Waals surface area contributed by atoms with Gasteiger partial charge in [0, 0.05) is 13.0 Å². The lowest BCUT2D eigenvalue weighted by Gasteiger charge is -2.21. The quantitative estimate of drug-likeness (QED) is 0.408. The number of aromatic nitrogens is 1. The van der Waals surface area contributed by atoms with E-state index in [1.165, 1.54) is 34.4 Å². The van der Waals surface area contributed by atoms with Gasteiger partial charge in [0.25, 0.3) is 0 Å². The van der Waals surface area contributed by atoms with Gasteiger partial charge in [0.15, 0.2) is 15.0 Å². The van der Waals surface area contributed by atoms with Crippen LogP contribution in [0.4, 0.5) is 13.9 Å². The van der Waals surface area contributed by atoms with E-state index in [1.807, 2.05) is 19.0 Å². The number of carbonyl (C=O) groups excluding carboxylic acids is 1. The molecule has 10 heteroatoms. The Morgan fingerprint density at radius 3 is 2.41 bits per heavy atom. The molecule has 0 aliphatic heterocycles. The van der Waals surface area contributed by atoms with Crippen LogP contribution in [0.2, 0.25) is 0 Å². The van der Waals surface area contributed by atoms with Crippen LogP contribution in [0, 0.1) is 11.6 Å². The number of thiazole rings is 1. The van der Waals surface area contributed by atoms with Gasteiger partial charge in [0.1, 0.15) is 17.2 Å². The number of hydrogen-bond donors (Lipinski definition) is 0. The topological polar surface area (TPSA) is 70.6 Å². The van der Waals surface area contributed by atoms with Crippen LogP contribution in [0.5, 0.6) is 0 Å². The maximum atomic E-state index is 14.1. The highest BCUT2D eigenvalue weighted by Crippen LogP contribution is 2.31. The molecule has 0 bridgehead atoms. The van der Waals surface area contributed by atoms with Crippen LogP contribution in [0.1, 0.15) is 19.3 Å². The maximum Gasteiger partial charge on any atom is 0.228 e. The second kappa shape index (κ2) is 10.5. The van der Waals surface area contributed by atoms with Crippen LogP contribution in [-0.4, -0.2) is 57.1 Å². The summed E-state index contributed by atoms with van der Waals surface area (Å²) in [5.74, 6) is -1.46. The zero-order valence-electron chi connectivity index (χ0n) is 17.9. The summed E-state index contributed by atoms with van der Waals surface area (Å²) >= 11 is 1.23. The molecule has 0 N–H and O–H groups in total. The van der Waals surface area contributed by atoms with Gasteiger partial charge in [0.2, 0.25) is 5.91 Å². The van der Waals surface area contributed by atoms with Crippen LogP contribution in [0.15, 0.2) is 47.4 Å². The average Bonchev–Trinajstić information content (AvgIpc) is 3.16. The first kappa shape index (κ1) is 24.2. The van der Waals surface area contributed by atoms with E-state index in [4.69, 9.17) is 0 Å². The van der Waals surface area contributed by atoms with Crippen molar-refractivity contribution in [1.82, 2.24) is 9.88 Å². The Balaban J connectivity index is 1.71. The largest absolute Gasteiger partial charge is 0.309 e. The number of sulfone groups is 1. The molecule has 1 aromatic heterocycles. The molecular formula is C22H25F2N3O3S2. The second-order valence-corrected chi connectivity index (χ2v) is 10.8. The highest BCUT2D eigenvalue weighted by atomic mass is 32.2. The van der Waals surface area contributed by atoms with Gasteiger partial charge in [-0.2, -0.15) is 0 Å². The Labute approximate surface area is 190 Å². The summed E-state index contributed by atoms with van der Waals surface area (Å²) in [6.45, 7) is 1.14. The first-order chi connectivity index (χ1) is 15.2. The van der Waals surface area contributed by atoms with Gasteiger partial charge in [-0.15, -0.1) is 0 Å². The third-order valence-electron chi connectivity index (χ3n) is 4.85. The smallest absolute Gasteiger partial charge is 0.228 e. The van der Waals surface area contributed by atoms with Gasteiger partial charge in [0.05, 0.1) is 15.3 Å². The molecular weight excluding hydrogens is 456 g/mol. The molecule has 6 nitrogen and oxygen atoms in total. The zero-order valence-corrected chi connectivity index (χ0v) is 19.6. The monoisotopic (exact) mass is 481 g/mol. The number of hydrogen-bond acceptors (Lipinski definition) is 6. The summed E-state index contributed by atoms with van der Waals surface area (Å²) in [4.78, 5) is 20.8. The standard InChI is InChI=1S/C22H25F2N3O3S2/c1-26(2)13-5-14-27(22-25-21-18(24)6-3-7-19(21)31-22)20(28)8-4-15-32(29,30)17-11-9-16(23)10-12-17/h3,6-7,9-12H,4-5,8,13-15H2,1-2H3. The highest BCUT2D eigenvalue weighted by molar-refractivity contribution is 7.91. The fourth-order valence-electron chi connectivity index (χ4n) is 3.20. The third kappa shape index (κ3) is 6.08. The van der Waals surface area contributed by atoms with Gasteiger partial charge in [-0.05, 0) is 69.9 Å². The SMILES string of the molecule is CN(C)CCCN(C(=O)CCCS(=O)(=O)c1ccc(F)cc1)c1nc2c(F)cccc2s1. The fourth-order valence-corrected chi connectivity index (χ4v) is 5.53. The van der Waals surface area contributed by atoms with E-state index in [9.17, 15) is 22.0 Å². The molecule has 0 unspecified atom stereocenters. The molecule has 0 aliphatic rings. The summed E-state index contributed by atoms with van der Waals surface area (Å²) in [5.41, 5.74) is 0.219. The summed E-state index contributed by atoms with van der Waals surface area (Å²) in [6, 6.07) is 9.29. The molecule has 0 fully saturated rings. The van der Waals surface area contributed by atoms with Crippen LogP contribution < -0.4 is 4.90 Å². The average molecular weight is 482 g/mol. The number of rotatable bonds is 10. The Kier molecular flexibility index (Phi) is 7.91. The maximum absolute atomic E-state index is 14.1. The zero-order chi connectivity index (χ0) is 23.3. The van der Waals surface area contributed by atoms with Gasteiger partial charge in [-0.3, -0.25) is 9.69 Å². The number of halogens is 2. The van der Waals surface area contributed by atoms with E-state index in [0.717, 1.165) is 18.7 Å². The number of nitrogens with zero attached hydrogens (tertiary/aromatic N) is 3. The van der Waals surface area contributed by atoms with Crippen molar-refractivity contribution in [2.75, 3.05) is 37.8 Å². The number of benzene rings is 2. The van der Waals surface area contributed by atoms with Crippen molar-refractivity contribution in [2.24, 2.45) is 0 Å². The first-order valence-corrected chi connectivity index (χ1v) is 12.6. The first-order valence-electron chi connectivity index (χ1n) is 10.2. The Bertz CT molecular complexity index is 1180. The molecule has 0 spiro atoms. The van der Waals surface area contributed by atoms with E-state index >= 15 is 0 Å². The lowest BCUT2D eigenvalue weighted by atomic mass is 10.3. The lowest BCUT2D eigenvalue weighted by molar-refractivity contribution is -0.118. The van der Waals surface area contributed by atoms with E-state index in [0.29, 0.717) is 22.8 Å². The fraction of sp³-hybridized carbons (Fsp3) is 0.364. The minimum Gasteiger partial charge on any atom is -0.309 e. The predicted molar refractivity (Wildman–Crippen MR) is 123 cm³/mol. The normalized spacial score (nSPS) is 11.9. The van der Waals surface area contributed by atoms with Crippen molar-refractivity contribution in [2.45, 2.75) is 24.2 Å². The van der Waals surface area contributed by atoms with Crippen molar-refractivity contribution in [3.63, 3.8) is 0 Å². The van der Waals surface area contributed by atoms with Crippen LogP contribution in [-0.2, 0) is 14.6 Å². The molecule has 3 rings (SSSR count). The summed E-state index contributed by atoms with van der Waals surface area (Å²) in [7, 11) is 0.236. The number of amides is 1. The van der Waals surface area contributed by atoms with Crippen molar-refractivity contribution in [3.05, 3.63) is 54.1 Å². The molecule has 0 radical (unpaired) electrons. The molecule has 0 saturated carbocycles. The van der Waals surface area contributed by atoms with Crippen molar-refractivity contribution < 1.29 is 22.0 Å². The van der Waals surface area contributed by atoms with Crippen molar-refractivity contribution >= 4 is 42.4 Å². The second-order valence-electron chi connectivity index (χ2n) is 7.66. The number of fused-ring (bicyclic) bond motifs is 1. The molecule has 2 aromatic carbocycles. The summed E-state index contributed by atoms with van der Waals surface area (Å²) < 4.78 is 52.7. The molecule has 1 amide bonds. The van der Waals surface area contributed by atoms with Crippen LogP contribution in [0.25, 0.3) is 10.2 Å². The third-order valence-corrected chi connectivity index (χ3v) is 7.71. The number of para-hydroxylation sites is 1. The van der Waals surface area contributed by atoms with Crippen LogP contribution >= 0.6 is 11.3 Å². The van der Waals surface area contributed by atoms with Crippen molar-refractivity contribution in [1.29, 1.82) is 0 Å². The molecule has 1 heterocycles. The summed E-state index contributed by atoms with van der Waals surface area (Å²) in [6.07, 6.45) is 0.799.